The highest BCUT2D eigenvalue weighted by Gasteiger charge is 2.14. The van der Waals surface area contributed by atoms with Crippen LogP contribution in [0, 0.1) is 0 Å². The summed E-state index contributed by atoms with van der Waals surface area (Å²) in [5.74, 6) is -0.0285. The lowest BCUT2D eigenvalue weighted by Gasteiger charge is -2.10. The molecule has 0 spiro atoms. The number of rotatable bonds is 6. The number of thiazole rings is 1. The molecule has 2 aromatic carbocycles. The van der Waals surface area contributed by atoms with E-state index in [4.69, 9.17) is 21.7 Å². The maximum Gasteiger partial charge on any atom is 0.338 e. The largest absolute Gasteiger partial charge is 0.491 e. The Hall–Kier alpha value is -3.04. The van der Waals surface area contributed by atoms with Crippen molar-refractivity contribution >= 4 is 55.9 Å². The zero-order valence-electron chi connectivity index (χ0n) is 17.6. The summed E-state index contributed by atoms with van der Waals surface area (Å²) in [6.45, 7) is 7.47. The number of carbonyl (C=O) groups is 2. The molecular formula is C22H23N3O4S2. The first kappa shape index (κ1) is 22.6. The van der Waals surface area contributed by atoms with Crippen LogP contribution in [0.4, 0.5) is 5.13 Å². The van der Waals surface area contributed by atoms with E-state index in [1.807, 2.05) is 13.8 Å². The van der Waals surface area contributed by atoms with Gasteiger partial charge in [-0.3, -0.25) is 10.1 Å². The third kappa shape index (κ3) is 6.22. The molecule has 0 fully saturated rings. The van der Waals surface area contributed by atoms with Crippen molar-refractivity contribution in [1.29, 1.82) is 0 Å². The Bertz CT molecular complexity index is 1110. The number of hydrogen-bond donors (Lipinski definition) is 2. The van der Waals surface area contributed by atoms with E-state index in [1.54, 1.807) is 56.3 Å². The molecule has 0 saturated carbocycles. The topological polar surface area (TPSA) is 89.5 Å². The van der Waals surface area contributed by atoms with Gasteiger partial charge in [-0.2, -0.15) is 0 Å². The Kier molecular flexibility index (Phi) is 7.19. The summed E-state index contributed by atoms with van der Waals surface area (Å²) in [6, 6.07) is 12.0. The Morgan fingerprint density at radius 2 is 1.68 bits per heavy atom. The second-order valence-corrected chi connectivity index (χ2v) is 8.69. The Morgan fingerprint density at radius 1 is 1.00 bits per heavy atom. The summed E-state index contributed by atoms with van der Waals surface area (Å²) in [6.07, 6.45) is -0.135. The second-order valence-electron chi connectivity index (χ2n) is 7.25. The van der Waals surface area contributed by atoms with Gasteiger partial charge in [0, 0.05) is 5.56 Å². The number of fused-ring (bicyclic) bond motifs is 1. The minimum absolute atomic E-state index is 0.0576. The van der Waals surface area contributed by atoms with Crippen molar-refractivity contribution in [2.45, 2.75) is 39.9 Å². The number of carbonyl (C=O) groups excluding carboxylic acids is 2. The van der Waals surface area contributed by atoms with E-state index in [9.17, 15) is 9.59 Å². The van der Waals surface area contributed by atoms with Crippen molar-refractivity contribution < 1.29 is 19.1 Å². The molecule has 1 amide bonds. The van der Waals surface area contributed by atoms with Crippen LogP contribution in [0.5, 0.6) is 5.75 Å². The quantitative estimate of drug-likeness (QED) is 0.407. The normalized spacial score (nSPS) is 10.9. The Labute approximate surface area is 189 Å². The zero-order chi connectivity index (χ0) is 22.5. The fourth-order valence-corrected chi connectivity index (χ4v) is 3.81. The number of aromatic nitrogens is 1. The van der Waals surface area contributed by atoms with E-state index in [2.05, 4.69) is 15.6 Å². The lowest BCUT2D eigenvalue weighted by Crippen LogP contribution is -2.34. The van der Waals surface area contributed by atoms with E-state index in [-0.39, 0.29) is 29.2 Å². The fraction of sp³-hybridized carbons (Fsp3) is 0.273. The second kappa shape index (κ2) is 9.84. The number of nitrogens with one attached hydrogen (secondary N) is 2. The summed E-state index contributed by atoms with van der Waals surface area (Å²) in [5.41, 5.74) is 1.62. The maximum atomic E-state index is 12.4. The number of esters is 1. The van der Waals surface area contributed by atoms with Crippen LogP contribution in [-0.4, -0.2) is 34.2 Å². The average Bonchev–Trinajstić information content (AvgIpc) is 3.08. The fourth-order valence-electron chi connectivity index (χ4n) is 2.65. The predicted octanol–water partition coefficient (Wildman–Crippen LogP) is 4.78. The zero-order valence-corrected chi connectivity index (χ0v) is 19.2. The third-order valence-electron chi connectivity index (χ3n) is 3.90. The lowest BCUT2D eigenvalue weighted by molar-refractivity contribution is 0.0378. The van der Waals surface area contributed by atoms with Gasteiger partial charge in [0.25, 0.3) is 5.91 Å². The molecule has 3 aromatic rings. The van der Waals surface area contributed by atoms with Crippen LogP contribution in [0.25, 0.3) is 10.2 Å². The van der Waals surface area contributed by atoms with Crippen LogP contribution in [0.2, 0.25) is 0 Å². The molecule has 0 atom stereocenters. The number of hydrogen-bond acceptors (Lipinski definition) is 7. The first-order valence-corrected chi connectivity index (χ1v) is 10.9. The number of amides is 1. The SMILES string of the molecule is CC(C)OC(=O)c1ccc2nc(NC(=S)NC(=O)c3ccc(OC(C)C)cc3)sc2c1. The molecule has 1 heterocycles. The maximum absolute atomic E-state index is 12.4. The van der Waals surface area contributed by atoms with Gasteiger partial charge in [0.1, 0.15) is 5.75 Å². The van der Waals surface area contributed by atoms with Crippen molar-refractivity contribution in [2.24, 2.45) is 0 Å². The molecule has 0 radical (unpaired) electrons. The van der Waals surface area contributed by atoms with Crippen LogP contribution >= 0.6 is 23.6 Å². The van der Waals surface area contributed by atoms with E-state index in [0.29, 0.717) is 27.5 Å². The van der Waals surface area contributed by atoms with E-state index >= 15 is 0 Å². The average molecular weight is 458 g/mol. The molecule has 0 unspecified atom stereocenters. The van der Waals surface area contributed by atoms with Gasteiger partial charge in [-0.15, -0.1) is 0 Å². The van der Waals surface area contributed by atoms with Crippen LogP contribution < -0.4 is 15.4 Å². The summed E-state index contributed by atoms with van der Waals surface area (Å²) in [7, 11) is 0. The van der Waals surface area contributed by atoms with Gasteiger partial charge >= 0.3 is 5.97 Å². The van der Waals surface area contributed by atoms with Crippen molar-refractivity contribution in [2.75, 3.05) is 5.32 Å². The molecule has 0 aliphatic heterocycles. The molecule has 0 aliphatic carbocycles. The van der Waals surface area contributed by atoms with Gasteiger partial charge in [0.15, 0.2) is 10.2 Å². The van der Waals surface area contributed by atoms with E-state index < -0.39 is 0 Å². The van der Waals surface area contributed by atoms with Crippen molar-refractivity contribution in [3.8, 4) is 5.75 Å². The van der Waals surface area contributed by atoms with E-state index in [1.165, 1.54) is 11.3 Å². The number of benzene rings is 2. The van der Waals surface area contributed by atoms with Gasteiger partial charge in [-0.25, -0.2) is 9.78 Å². The highest BCUT2D eigenvalue weighted by atomic mass is 32.1. The van der Waals surface area contributed by atoms with Crippen molar-refractivity contribution in [3.05, 3.63) is 53.6 Å². The van der Waals surface area contributed by atoms with Crippen LogP contribution in [0.3, 0.4) is 0 Å². The van der Waals surface area contributed by atoms with Gasteiger partial charge in [0.05, 0.1) is 28.0 Å². The molecule has 3 rings (SSSR count). The molecule has 31 heavy (non-hydrogen) atoms. The number of nitrogens with zero attached hydrogens (tertiary/aromatic N) is 1. The highest BCUT2D eigenvalue weighted by molar-refractivity contribution is 7.80. The third-order valence-corrected chi connectivity index (χ3v) is 5.04. The van der Waals surface area contributed by atoms with Crippen LogP contribution in [0.15, 0.2) is 42.5 Å². The summed E-state index contributed by atoms with van der Waals surface area (Å²) in [4.78, 5) is 28.9. The monoisotopic (exact) mass is 457 g/mol. The summed E-state index contributed by atoms with van der Waals surface area (Å²) < 4.78 is 11.6. The smallest absolute Gasteiger partial charge is 0.338 e. The van der Waals surface area contributed by atoms with Crippen molar-refractivity contribution in [3.63, 3.8) is 0 Å². The molecule has 9 heteroatoms. The minimum atomic E-state index is -0.382. The minimum Gasteiger partial charge on any atom is -0.491 e. The number of thiocarbonyl (C=S) groups is 1. The Morgan fingerprint density at radius 3 is 2.32 bits per heavy atom. The van der Waals surface area contributed by atoms with Gasteiger partial charge in [-0.1, -0.05) is 11.3 Å². The molecule has 2 N–H and O–H groups in total. The van der Waals surface area contributed by atoms with Crippen LogP contribution in [-0.2, 0) is 4.74 Å². The first-order chi connectivity index (χ1) is 14.7. The molecule has 1 aromatic heterocycles. The molecule has 0 bridgehead atoms. The molecule has 162 valence electrons. The predicted molar refractivity (Wildman–Crippen MR) is 126 cm³/mol. The van der Waals surface area contributed by atoms with Gasteiger partial charge in [-0.05, 0) is 82.4 Å². The van der Waals surface area contributed by atoms with Gasteiger partial charge in [0.2, 0.25) is 0 Å². The first-order valence-electron chi connectivity index (χ1n) is 9.72. The van der Waals surface area contributed by atoms with E-state index in [0.717, 1.165) is 4.70 Å². The van der Waals surface area contributed by atoms with Crippen molar-refractivity contribution in [1.82, 2.24) is 10.3 Å². The molecule has 7 nitrogen and oxygen atoms in total. The molecular weight excluding hydrogens is 434 g/mol. The highest BCUT2D eigenvalue weighted by Crippen LogP contribution is 2.27. The summed E-state index contributed by atoms with van der Waals surface area (Å²) in [5, 5.41) is 6.19. The number of anilines is 1. The Balaban J connectivity index is 1.63. The number of ether oxygens (including phenoxy) is 2. The lowest BCUT2D eigenvalue weighted by atomic mass is 10.2. The standard InChI is InChI=1S/C22H23N3O4S2/c1-12(2)28-16-8-5-14(6-9-16)19(26)24-21(30)25-22-23-17-10-7-15(11-18(17)31-22)20(27)29-13(3)4/h5-13H,1-4H3,(H2,23,24,25,26,30). The van der Waals surface area contributed by atoms with Crippen LogP contribution in [0.1, 0.15) is 48.4 Å². The molecule has 0 aliphatic rings. The molecule has 0 saturated heterocycles. The summed E-state index contributed by atoms with van der Waals surface area (Å²) >= 11 is 6.56. The van der Waals surface area contributed by atoms with Gasteiger partial charge < -0.3 is 14.8 Å².